The molecule has 0 bridgehead atoms. The number of nitrogens with zero attached hydrogens (tertiary/aromatic N) is 1. The Morgan fingerprint density at radius 3 is 2.17 bits per heavy atom. The van der Waals surface area contributed by atoms with Crippen LogP contribution in [0.25, 0.3) is 0 Å². The normalized spacial score (nSPS) is 15.5. The molecule has 1 aliphatic rings. The first-order valence-electron chi connectivity index (χ1n) is 10.2. The van der Waals surface area contributed by atoms with Crippen LogP contribution in [-0.4, -0.2) is 15.0 Å². The number of hydrogen-bond donors (Lipinski definition) is 1. The molecule has 1 N–H and O–H groups in total. The lowest BCUT2D eigenvalue weighted by Crippen LogP contribution is -2.33. The molecule has 1 aliphatic heterocycles. The molecule has 0 saturated carbocycles. The van der Waals surface area contributed by atoms with Gasteiger partial charge in [0, 0.05) is 18.4 Å². The van der Waals surface area contributed by atoms with Crippen molar-refractivity contribution in [3.8, 4) is 0 Å². The predicted octanol–water partition coefficient (Wildman–Crippen LogP) is 5.20. The van der Waals surface area contributed by atoms with Crippen molar-refractivity contribution in [3.63, 3.8) is 0 Å². The van der Waals surface area contributed by atoms with Gasteiger partial charge in [-0.15, -0.1) is 0 Å². The summed E-state index contributed by atoms with van der Waals surface area (Å²) in [6.07, 6.45) is 3.92. The zero-order valence-corrected chi connectivity index (χ0v) is 17.8. The summed E-state index contributed by atoms with van der Waals surface area (Å²) in [4.78, 5) is 2.49. The van der Waals surface area contributed by atoms with Crippen molar-refractivity contribution in [2.75, 3.05) is 11.4 Å². The summed E-state index contributed by atoms with van der Waals surface area (Å²) in [6, 6.07) is 26.5. The molecule has 0 radical (unpaired) electrons. The van der Waals surface area contributed by atoms with E-state index < -0.39 is 16.1 Å². The second-order valence-corrected chi connectivity index (χ2v) is 9.33. The number of sulfonamides is 1. The Hall–Kier alpha value is -2.89. The van der Waals surface area contributed by atoms with Gasteiger partial charge < -0.3 is 4.90 Å². The predicted molar refractivity (Wildman–Crippen MR) is 122 cm³/mol. The minimum absolute atomic E-state index is 0.283. The molecule has 0 aliphatic carbocycles. The summed E-state index contributed by atoms with van der Waals surface area (Å²) in [5.74, 6) is 0. The van der Waals surface area contributed by atoms with Crippen molar-refractivity contribution < 1.29 is 8.42 Å². The fourth-order valence-corrected chi connectivity index (χ4v) is 5.00. The maximum atomic E-state index is 13.2. The zero-order valence-electron chi connectivity index (χ0n) is 17.0. The monoisotopic (exact) mass is 418 g/mol. The van der Waals surface area contributed by atoms with E-state index in [4.69, 9.17) is 0 Å². The first kappa shape index (κ1) is 20.4. The van der Waals surface area contributed by atoms with Crippen molar-refractivity contribution >= 4 is 15.7 Å². The van der Waals surface area contributed by atoms with Gasteiger partial charge in [-0.25, -0.2) is 8.42 Å². The molecule has 0 fully saturated rings. The van der Waals surface area contributed by atoms with Gasteiger partial charge in [0.05, 0.1) is 10.9 Å². The highest BCUT2D eigenvalue weighted by Crippen LogP contribution is 2.32. The Morgan fingerprint density at radius 1 is 0.867 bits per heavy atom. The molecular weight excluding hydrogens is 392 g/mol. The standard InChI is InChI=1S/C25H26N2O2S/c1-20-14-16-24(17-15-20)30(28,29)26-25(21-9-4-2-5-10-21)22-11-8-18-27(19-22)23-12-6-3-7-13-23/h2-7,9-10,12-17,19,25-26H,8,11,18H2,1H3. The third-order valence-electron chi connectivity index (χ3n) is 5.38. The van der Waals surface area contributed by atoms with Gasteiger partial charge in [0.1, 0.15) is 0 Å². The average molecular weight is 419 g/mol. The SMILES string of the molecule is Cc1ccc(S(=O)(=O)NC(C2=CN(c3ccccc3)CCC2)c2ccccc2)cc1. The Labute approximate surface area is 178 Å². The van der Waals surface area contributed by atoms with Gasteiger partial charge in [-0.05, 0) is 55.2 Å². The van der Waals surface area contributed by atoms with Crippen molar-refractivity contribution in [1.29, 1.82) is 0 Å². The van der Waals surface area contributed by atoms with E-state index in [0.29, 0.717) is 0 Å². The maximum Gasteiger partial charge on any atom is 0.241 e. The van der Waals surface area contributed by atoms with Gasteiger partial charge in [-0.2, -0.15) is 4.72 Å². The number of rotatable bonds is 6. The van der Waals surface area contributed by atoms with Crippen LogP contribution in [0.2, 0.25) is 0 Å². The molecule has 4 rings (SSSR count). The number of hydrogen-bond acceptors (Lipinski definition) is 3. The van der Waals surface area contributed by atoms with Crippen molar-refractivity contribution in [2.45, 2.75) is 30.7 Å². The fraction of sp³-hybridized carbons (Fsp3) is 0.200. The topological polar surface area (TPSA) is 49.4 Å². The molecule has 0 aromatic heterocycles. The van der Waals surface area contributed by atoms with E-state index in [9.17, 15) is 8.42 Å². The van der Waals surface area contributed by atoms with E-state index in [1.54, 1.807) is 12.1 Å². The molecule has 30 heavy (non-hydrogen) atoms. The van der Waals surface area contributed by atoms with Crippen LogP contribution < -0.4 is 9.62 Å². The van der Waals surface area contributed by atoms with Crippen LogP contribution in [0.1, 0.15) is 30.0 Å². The van der Waals surface area contributed by atoms with Crippen molar-refractivity contribution in [2.24, 2.45) is 0 Å². The molecule has 1 unspecified atom stereocenters. The van der Waals surface area contributed by atoms with Gasteiger partial charge in [0.2, 0.25) is 10.0 Å². The zero-order chi connectivity index (χ0) is 21.0. The second kappa shape index (κ2) is 8.86. The van der Waals surface area contributed by atoms with Gasteiger partial charge in [0.25, 0.3) is 0 Å². The second-order valence-electron chi connectivity index (χ2n) is 7.61. The van der Waals surface area contributed by atoms with Gasteiger partial charge in [-0.3, -0.25) is 0 Å². The van der Waals surface area contributed by atoms with Crippen LogP contribution in [0, 0.1) is 6.92 Å². The van der Waals surface area contributed by atoms with Crippen molar-refractivity contribution in [1.82, 2.24) is 4.72 Å². The largest absolute Gasteiger partial charge is 0.348 e. The van der Waals surface area contributed by atoms with E-state index in [2.05, 4.69) is 28.0 Å². The van der Waals surface area contributed by atoms with Crippen LogP contribution in [0.5, 0.6) is 0 Å². The van der Waals surface area contributed by atoms with E-state index in [-0.39, 0.29) is 4.90 Å². The summed E-state index contributed by atoms with van der Waals surface area (Å²) in [5.41, 5.74) is 4.14. The number of benzene rings is 3. The summed E-state index contributed by atoms with van der Waals surface area (Å²) in [5, 5.41) is 0. The number of nitrogens with one attached hydrogen (secondary N) is 1. The molecule has 3 aromatic rings. The van der Waals surface area contributed by atoms with E-state index >= 15 is 0 Å². The molecule has 1 heterocycles. The van der Waals surface area contributed by atoms with E-state index in [1.165, 1.54) is 0 Å². The van der Waals surface area contributed by atoms with Crippen LogP contribution in [-0.2, 0) is 10.0 Å². The lowest BCUT2D eigenvalue weighted by atomic mass is 9.94. The first-order valence-corrected chi connectivity index (χ1v) is 11.7. The van der Waals surface area contributed by atoms with Crippen LogP contribution in [0.3, 0.4) is 0 Å². The Kier molecular flexibility index (Phi) is 6.02. The molecule has 4 nitrogen and oxygen atoms in total. The Morgan fingerprint density at radius 2 is 1.50 bits per heavy atom. The number of anilines is 1. The minimum Gasteiger partial charge on any atom is -0.348 e. The summed E-state index contributed by atoms with van der Waals surface area (Å²) in [7, 11) is -3.67. The number of para-hydroxylation sites is 1. The third-order valence-corrected chi connectivity index (χ3v) is 6.82. The summed E-state index contributed by atoms with van der Waals surface area (Å²) in [6.45, 7) is 2.86. The lowest BCUT2D eigenvalue weighted by Gasteiger charge is -2.31. The van der Waals surface area contributed by atoms with Crippen molar-refractivity contribution in [3.05, 3.63) is 108 Å². The average Bonchev–Trinajstić information content (AvgIpc) is 2.79. The molecule has 3 aromatic carbocycles. The molecule has 154 valence electrons. The molecule has 0 saturated heterocycles. The van der Waals surface area contributed by atoms with E-state index in [0.717, 1.165) is 41.8 Å². The number of aryl methyl sites for hydroxylation is 1. The molecule has 5 heteroatoms. The van der Waals surface area contributed by atoms with E-state index in [1.807, 2.05) is 67.6 Å². The lowest BCUT2D eigenvalue weighted by molar-refractivity contribution is 0.562. The van der Waals surface area contributed by atoms with Crippen LogP contribution in [0.15, 0.2) is 102 Å². The highest BCUT2D eigenvalue weighted by molar-refractivity contribution is 7.89. The van der Waals surface area contributed by atoms with Gasteiger partial charge in [0.15, 0.2) is 0 Å². The highest BCUT2D eigenvalue weighted by atomic mass is 32.2. The smallest absolute Gasteiger partial charge is 0.241 e. The van der Waals surface area contributed by atoms with Crippen LogP contribution >= 0.6 is 0 Å². The Balaban J connectivity index is 1.70. The Bertz CT molecular complexity index is 1110. The van der Waals surface area contributed by atoms with Gasteiger partial charge in [-0.1, -0.05) is 66.2 Å². The fourth-order valence-electron chi connectivity index (χ4n) is 3.77. The summed E-state index contributed by atoms with van der Waals surface area (Å²) >= 11 is 0. The minimum atomic E-state index is -3.67. The summed E-state index contributed by atoms with van der Waals surface area (Å²) < 4.78 is 29.3. The first-order chi connectivity index (χ1) is 14.5. The quantitative estimate of drug-likeness (QED) is 0.599. The van der Waals surface area contributed by atoms with Crippen LogP contribution in [0.4, 0.5) is 5.69 Å². The molecular formula is C25H26N2O2S. The molecule has 0 amide bonds. The highest BCUT2D eigenvalue weighted by Gasteiger charge is 2.26. The van der Waals surface area contributed by atoms with Gasteiger partial charge >= 0.3 is 0 Å². The maximum absolute atomic E-state index is 13.2. The molecule has 0 spiro atoms. The third kappa shape index (κ3) is 4.64. The molecule has 1 atom stereocenters.